The highest BCUT2D eigenvalue weighted by Gasteiger charge is 2.07. The Morgan fingerprint density at radius 1 is 1.24 bits per heavy atom. The fourth-order valence-corrected chi connectivity index (χ4v) is 2.12. The van der Waals surface area contributed by atoms with E-state index in [2.05, 4.69) is 15.8 Å². The zero-order valence-electron chi connectivity index (χ0n) is 10.9. The minimum absolute atomic E-state index is 0.0577. The minimum Gasteiger partial charge on any atom is -0.338 e. The topological polar surface area (TPSA) is 127 Å². The summed E-state index contributed by atoms with van der Waals surface area (Å²) in [7, 11) is -3.68. The number of anilines is 1. The number of sulfonamides is 1. The van der Waals surface area contributed by atoms with E-state index in [-0.39, 0.29) is 10.8 Å². The van der Waals surface area contributed by atoms with Gasteiger partial charge >= 0.3 is 6.03 Å². The van der Waals surface area contributed by atoms with Crippen molar-refractivity contribution in [2.24, 2.45) is 5.14 Å². The van der Waals surface area contributed by atoms with Crippen LogP contribution < -0.4 is 15.8 Å². The summed E-state index contributed by atoms with van der Waals surface area (Å²) in [5, 5.41) is 13.6. The van der Waals surface area contributed by atoms with Crippen molar-refractivity contribution < 1.29 is 17.7 Å². The maximum absolute atomic E-state index is 11.5. The molecule has 21 heavy (non-hydrogen) atoms. The molecule has 0 bridgehead atoms. The molecule has 1 aromatic heterocycles. The molecule has 2 rings (SSSR count). The van der Waals surface area contributed by atoms with Gasteiger partial charge in [-0.25, -0.2) is 18.4 Å². The average molecular weight is 310 g/mol. The molecule has 0 fully saturated rings. The Morgan fingerprint density at radius 3 is 2.52 bits per heavy atom. The monoisotopic (exact) mass is 310 g/mol. The van der Waals surface area contributed by atoms with Gasteiger partial charge in [0.2, 0.25) is 15.9 Å². The summed E-state index contributed by atoms with van der Waals surface area (Å²) < 4.78 is 26.9. The van der Waals surface area contributed by atoms with Crippen molar-refractivity contribution >= 4 is 21.9 Å². The lowest BCUT2D eigenvalue weighted by molar-refractivity contribution is 0.251. The maximum atomic E-state index is 11.5. The maximum Gasteiger partial charge on any atom is 0.321 e. The molecular formula is C12H14N4O4S. The first-order valence-corrected chi connectivity index (χ1v) is 7.57. The highest BCUT2D eigenvalue weighted by atomic mass is 32.2. The van der Waals surface area contributed by atoms with Gasteiger partial charge in [-0.2, -0.15) is 0 Å². The van der Waals surface area contributed by atoms with Gasteiger partial charge in [-0.3, -0.25) is 5.32 Å². The molecule has 2 amide bonds. The summed E-state index contributed by atoms with van der Waals surface area (Å²) in [5.74, 6) is 0.255. The van der Waals surface area contributed by atoms with Gasteiger partial charge in [-0.15, -0.1) is 0 Å². The zero-order chi connectivity index (χ0) is 15.3. The molecule has 112 valence electrons. The first-order valence-electron chi connectivity index (χ1n) is 6.02. The number of primary sulfonamides is 1. The van der Waals surface area contributed by atoms with Crippen molar-refractivity contribution in [2.75, 3.05) is 11.9 Å². The van der Waals surface area contributed by atoms with E-state index < -0.39 is 16.1 Å². The second kappa shape index (κ2) is 6.37. The molecule has 1 aromatic carbocycles. The Balaban J connectivity index is 1.79. The Labute approximate surface area is 121 Å². The second-order valence-corrected chi connectivity index (χ2v) is 5.76. The Morgan fingerprint density at radius 2 is 1.95 bits per heavy atom. The third-order valence-electron chi connectivity index (χ3n) is 2.63. The van der Waals surface area contributed by atoms with Crippen LogP contribution in [0, 0.1) is 0 Å². The Bertz CT molecular complexity index is 695. The van der Waals surface area contributed by atoms with Gasteiger partial charge in [0.25, 0.3) is 0 Å². The number of benzene rings is 1. The number of carbonyl (C=O) groups is 1. The number of hydrogen-bond donors (Lipinski definition) is 3. The van der Waals surface area contributed by atoms with Gasteiger partial charge in [-0.1, -0.05) is 17.3 Å². The first-order chi connectivity index (χ1) is 9.95. The van der Waals surface area contributed by atoms with E-state index in [4.69, 9.17) is 9.66 Å². The average Bonchev–Trinajstić information content (AvgIpc) is 2.91. The molecule has 0 saturated heterocycles. The zero-order valence-corrected chi connectivity index (χ0v) is 11.8. The van der Waals surface area contributed by atoms with E-state index in [0.29, 0.717) is 13.0 Å². The SMILES string of the molecule is NS(=O)(=O)c1ccc(CCNC(=O)Nc2ccno2)cc1. The van der Waals surface area contributed by atoms with E-state index >= 15 is 0 Å². The van der Waals surface area contributed by atoms with Gasteiger partial charge in [0, 0.05) is 12.6 Å². The summed E-state index contributed by atoms with van der Waals surface area (Å²) in [4.78, 5) is 11.5. The van der Waals surface area contributed by atoms with Gasteiger partial charge in [0.15, 0.2) is 0 Å². The minimum atomic E-state index is -3.68. The van der Waals surface area contributed by atoms with E-state index in [9.17, 15) is 13.2 Å². The summed E-state index contributed by atoms with van der Waals surface area (Å²) in [6.07, 6.45) is 1.97. The number of nitrogens with one attached hydrogen (secondary N) is 2. The standard InChI is InChI=1S/C12H14N4O4S/c13-21(18,19)10-3-1-9(2-4-10)5-7-14-12(17)16-11-6-8-15-20-11/h1-4,6,8H,5,7H2,(H2,13,18,19)(H2,14,16,17). The number of nitrogens with two attached hydrogens (primary N) is 1. The molecule has 0 saturated carbocycles. The van der Waals surface area contributed by atoms with Crippen LogP contribution in [0.15, 0.2) is 45.9 Å². The number of nitrogens with zero attached hydrogens (tertiary/aromatic N) is 1. The molecule has 0 aliphatic carbocycles. The van der Waals surface area contributed by atoms with E-state index in [1.807, 2.05) is 0 Å². The van der Waals surface area contributed by atoms with E-state index in [1.54, 1.807) is 12.1 Å². The lowest BCUT2D eigenvalue weighted by Gasteiger charge is -2.06. The summed E-state index contributed by atoms with van der Waals surface area (Å²) in [5.41, 5.74) is 0.877. The van der Waals surface area contributed by atoms with Gasteiger partial charge in [0.1, 0.15) is 0 Å². The van der Waals surface area contributed by atoms with Gasteiger partial charge < -0.3 is 9.84 Å². The number of amides is 2. The van der Waals surface area contributed by atoms with Crippen molar-refractivity contribution in [3.05, 3.63) is 42.1 Å². The molecular weight excluding hydrogens is 296 g/mol. The molecule has 4 N–H and O–H groups in total. The molecule has 1 heterocycles. The lowest BCUT2D eigenvalue weighted by Crippen LogP contribution is -2.30. The van der Waals surface area contributed by atoms with Crippen molar-refractivity contribution in [2.45, 2.75) is 11.3 Å². The molecule has 0 aliphatic rings. The summed E-state index contributed by atoms with van der Waals surface area (Å²) in [6.45, 7) is 0.384. The van der Waals surface area contributed by atoms with Crippen LogP contribution in [0.25, 0.3) is 0 Å². The summed E-state index contributed by atoms with van der Waals surface area (Å²) >= 11 is 0. The molecule has 9 heteroatoms. The quantitative estimate of drug-likeness (QED) is 0.748. The molecule has 0 unspecified atom stereocenters. The van der Waals surface area contributed by atoms with Crippen LogP contribution >= 0.6 is 0 Å². The molecule has 8 nitrogen and oxygen atoms in total. The third kappa shape index (κ3) is 4.58. The van der Waals surface area contributed by atoms with Gasteiger partial charge in [-0.05, 0) is 24.1 Å². The number of hydrogen-bond acceptors (Lipinski definition) is 5. The largest absolute Gasteiger partial charge is 0.338 e. The highest BCUT2D eigenvalue weighted by molar-refractivity contribution is 7.89. The molecule has 0 atom stereocenters. The van der Waals surface area contributed by atoms with Crippen LogP contribution in [0.5, 0.6) is 0 Å². The van der Waals surface area contributed by atoms with Crippen molar-refractivity contribution in [1.29, 1.82) is 0 Å². The van der Waals surface area contributed by atoms with Gasteiger partial charge in [0.05, 0.1) is 11.1 Å². The molecule has 2 aromatic rings. The predicted molar refractivity (Wildman–Crippen MR) is 75.0 cm³/mol. The fraction of sp³-hybridized carbons (Fsp3) is 0.167. The van der Waals surface area contributed by atoms with Crippen LogP contribution in [-0.4, -0.2) is 26.2 Å². The third-order valence-corrected chi connectivity index (χ3v) is 3.55. The normalized spacial score (nSPS) is 11.1. The first kappa shape index (κ1) is 15.0. The number of urea groups is 1. The van der Waals surface area contributed by atoms with Crippen LogP contribution in [0.3, 0.4) is 0 Å². The van der Waals surface area contributed by atoms with Crippen molar-refractivity contribution in [3.8, 4) is 0 Å². The van der Waals surface area contributed by atoms with E-state index in [0.717, 1.165) is 5.56 Å². The number of carbonyl (C=O) groups excluding carboxylic acids is 1. The van der Waals surface area contributed by atoms with E-state index in [1.165, 1.54) is 24.4 Å². The van der Waals surface area contributed by atoms with Crippen LogP contribution in [-0.2, 0) is 16.4 Å². The lowest BCUT2D eigenvalue weighted by atomic mass is 10.1. The van der Waals surface area contributed by atoms with Crippen LogP contribution in [0.2, 0.25) is 0 Å². The predicted octanol–water partition coefficient (Wildman–Crippen LogP) is 0.686. The molecule has 0 radical (unpaired) electrons. The Hall–Kier alpha value is -2.39. The Kier molecular flexibility index (Phi) is 4.55. The smallest absolute Gasteiger partial charge is 0.321 e. The van der Waals surface area contributed by atoms with Crippen LogP contribution in [0.4, 0.5) is 10.7 Å². The fourth-order valence-electron chi connectivity index (χ4n) is 1.60. The summed E-state index contributed by atoms with van der Waals surface area (Å²) in [6, 6.07) is 7.27. The number of aromatic nitrogens is 1. The van der Waals surface area contributed by atoms with Crippen molar-refractivity contribution in [3.63, 3.8) is 0 Å². The molecule has 0 aliphatic heterocycles. The molecule has 0 spiro atoms. The van der Waals surface area contributed by atoms with Crippen molar-refractivity contribution in [1.82, 2.24) is 10.5 Å². The van der Waals surface area contributed by atoms with Crippen LogP contribution in [0.1, 0.15) is 5.56 Å². The highest BCUT2D eigenvalue weighted by Crippen LogP contribution is 2.09. The second-order valence-electron chi connectivity index (χ2n) is 4.20. The number of rotatable bonds is 5.